The summed E-state index contributed by atoms with van der Waals surface area (Å²) < 4.78 is 10.5. The zero-order valence-corrected chi connectivity index (χ0v) is 21.7. The van der Waals surface area contributed by atoms with Crippen molar-refractivity contribution in [3.05, 3.63) is 42.0 Å². The summed E-state index contributed by atoms with van der Waals surface area (Å²) >= 11 is 0. The zero-order valence-electron chi connectivity index (χ0n) is 20.9. The lowest BCUT2D eigenvalue weighted by atomic mass is 10.0. The SMILES string of the molecule is COC(=O)[C@@H]1C/C=C\COc2ccc(cc2)C[C@H](NC(C)=O)C(=O)N[C@@H](CCCN=C(N)N)C(=O)N1.Cl. The minimum atomic E-state index is -1.01. The van der Waals surface area contributed by atoms with E-state index in [1.165, 1.54) is 14.0 Å². The molecule has 1 aromatic rings. The number of rotatable bonds is 6. The fourth-order valence-corrected chi connectivity index (χ4v) is 3.53. The normalized spacial score (nSPS) is 21.1. The van der Waals surface area contributed by atoms with Crippen LogP contribution in [0.25, 0.3) is 0 Å². The van der Waals surface area contributed by atoms with Gasteiger partial charge in [-0.1, -0.05) is 24.3 Å². The van der Waals surface area contributed by atoms with Crippen LogP contribution in [0, 0.1) is 0 Å². The number of methoxy groups -OCH3 is 1. The third-order valence-corrected chi connectivity index (χ3v) is 5.32. The van der Waals surface area contributed by atoms with E-state index in [0.717, 1.165) is 5.56 Å². The monoisotopic (exact) mass is 538 g/mol. The van der Waals surface area contributed by atoms with Crippen molar-refractivity contribution in [3.63, 3.8) is 0 Å². The van der Waals surface area contributed by atoms with Crippen LogP contribution < -0.4 is 32.2 Å². The van der Waals surface area contributed by atoms with Crippen LogP contribution in [-0.4, -0.2) is 68.0 Å². The van der Waals surface area contributed by atoms with E-state index in [0.29, 0.717) is 12.2 Å². The second-order valence-corrected chi connectivity index (χ2v) is 8.21. The third kappa shape index (κ3) is 11.2. The summed E-state index contributed by atoms with van der Waals surface area (Å²) in [4.78, 5) is 54.3. The Labute approximate surface area is 222 Å². The number of amides is 3. The Kier molecular flexibility index (Phi) is 13.5. The standard InChI is InChI=1S/C24H34N6O6.ClH/c1-15(31)28-20-14-16-8-10-17(11-9-16)36-13-4-3-6-19(23(34)35-2)30-21(32)18(29-22(20)33)7-5-12-27-24(25)26;/h3-4,8-11,18-20H,5-7,12-14H2,1-2H3,(H,28,31)(H,29,33)(H,30,32)(H4,25,26,27);1H/b4-3-;/t18-,19-,20-;/m0./s1. The van der Waals surface area contributed by atoms with Gasteiger partial charge in [0.15, 0.2) is 5.96 Å². The molecule has 0 spiro atoms. The van der Waals surface area contributed by atoms with Crippen molar-refractivity contribution in [2.75, 3.05) is 20.3 Å². The Morgan fingerprint density at radius 2 is 1.84 bits per heavy atom. The van der Waals surface area contributed by atoms with Crippen LogP contribution in [0.4, 0.5) is 0 Å². The molecule has 204 valence electrons. The highest BCUT2D eigenvalue weighted by Crippen LogP contribution is 2.14. The number of hydrogen-bond acceptors (Lipinski definition) is 7. The van der Waals surface area contributed by atoms with E-state index < -0.39 is 41.8 Å². The number of esters is 1. The summed E-state index contributed by atoms with van der Waals surface area (Å²) in [5.41, 5.74) is 11.5. The molecule has 2 aliphatic rings. The first-order valence-corrected chi connectivity index (χ1v) is 11.6. The molecule has 3 rings (SSSR count). The molecule has 12 nitrogen and oxygen atoms in total. The van der Waals surface area contributed by atoms with Gasteiger partial charge in [-0.3, -0.25) is 19.4 Å². The fraction of sp³-hybridized carbons (Fsp3) is 0.458. The van der Waals surface area contributed by atoms with E-state index in [4.69, 9.17) is 20.9 Å². The molecule has 7 N–H and O–H groups in total. The maximum atomic E-state index is 13.2. The van der Waals surface area contributed by atoms with E-state index in [-0.39, 0.29) is 50.8 Å². The molecule has 3 amide bonds. The summed E-state index contributed by atoms with van der Waals surface area (Å²) in [6.07, 6.45) is 4.35. The molecular weight excluding hydrogens is 504 g/mol. The molecule has 0 unspecified atom stereocenters. The molecule has 37 heavy (non-hydrogen) atoms. The van der Waals surface area contributed by atoms with Gasteiger partial charge in [-0.2, -0.15) is 0 Å². The van der Waals surface area contributed by atoms with E-state index in [1.54, 1.807) is 36.4 Å². The largest absolute Gasteiger partial charge is 0.490 e. The highest BCUT2D eigenvalue weighted by Gasteiger charge is 2.29. The lowest BCUT2D eigenvalue weighted by Gasteiger charge is -2.24. The van der Waals surface area contributed by atoms with Gasteiger partial charge in [0, 0.05) is 19.9 Å². The van der Waals surface area contributed by atoms with Crippen LogP contribution in [0.5, 0.6) is 5.75 Å². The molecule has 1 aromatic carbocycles. The average Bonchev–Trinajstić information content (AvgIpc) is 2.84. The zero-order chi connectivity index (χ0) is 26.5. The lowest BCUT2D eigenvalue weighted by molar-refractivity contribution is -0.145. The maximum Gasteiger partial charge on any atom is 0.328 e. The molecule has 3 atom stereocenters. The van der Waals surface area contributed by atoms with Crippen LogP contribution in [0.2, 0.25) is 0 Å². The molecule has 0 radical (unpaired) electrons. The number of aliphatic imine (C=N–C) groups is 1. The van der Waals surface area contributed by atoms with Crippen LogP contribution in [0.15, 0.2) is 41.4 Å². The number of benzene rings is 1. The molecular formula is C24H35ClN6O6. The predicted octanol–water partition coefficient (Wildman–Crippen LogP) is -0.309. The summed E-state index contributed by atoms with van der Waals surface area (Å²) in [5, 5.41) is 7.97. The van der Waals surface area contributed by atoms with Gasteiger partial charge in [-0.15, -0.1) is 12.4 Å². The Morgan fingerprint density at radius 1 is 1.14 bits per heavy atom. The topological polar surface area (TPSA) is 187 Å². The highest BCUT2D eigenvalue weighted by molar-refractivity contribution is 5.93. The second kappa shape index (κ2) is 16.0. The van der Waals surface area contributed by atoms with Gasteiger partial charge < -0.3 is 36.9 Å². The first-order chi connectivity index (χ1) is 17.2. The first kappa shape index (κ1) is 31.2. The number of nitrogens with two attached hydrogens (primary N) is 2. The van der Waals surface area contributed by atoms with Crippen molar-refractivity contribution in [2.24, 2.45) is 16.5 Å². The van der Waals surface area contributed by atoms with E-state index >= 15 is 0 Å². The van der Waals surface area contributed by atoms with Crippen LogP contribution >= 0.6 is 12.4 Å². The van der Waals surface area contributed by atoms with Gasteiger partial charge in [0.1, 0.15) is 30.5 Å². The third-order valence-electron chi connectivity index (χ3n) is 5.32. The van der Waals surface area contributed by atoms with Gasteiger partial charge in [0.2, 0.25) is 17.7 Å². The summed E-state index contributed by atoms with van der Waals surface area (Å²) in [6, 6.07) is 4.20. The Bertz CT molecular complexity index is 980. The Hall–Kier alpha value is -3.80. The smallest absolute Gasteiger partial charge is 0.328 e. The number of ether oxygens (including phenoxy) is 2. The quantitative estimate of drug-likeness (QED) is 0.107. The van der Waals surface area contributed by atoms with Gasteiger partial charge in [0.25, 0.3) is 0 Å². The Morgan fingerprint density at radius 3 is 2.46 bits per heavy atom. The number of carbonyl (C=O) groups excluding carboxylic acids is 4. The van der Waals surface area contributed by atoms with Gasteiger partial charge in [-0.05, 0) is 37.0 Å². The van der Waals surface area contributed by atoms with Gasteiger partial charge in [0.05, 0.1) is 7.11 Å². The number of nitrogens with one attached hydrogen (secondary N) is 3. The fourth-order valence-electron chi connectivity index (χ4n) is 3.53. The maximum absolute atomic E-state index is 13.2. The molecule has 0 aliphatic carbocycles. The average molecular weight is 539 g/mol. The minimum absolute atomic E-state index is 0. The van der Waals surface area contributed by atoms with Crippen molar-refractivity contribution < 1.29 is 28.7 Å². The van der Waals surface area contributed by atoms with Crippen LogP contribution in [0.1, 0.15) is 31.7 Å². The molecule has 0 aromatic heterocycles. The van der Waals surface area contributed by atoms with E-state index in [9.17, 15) is 19.2 Å². The van der Waals surface area contributed by atoms with E-state index in [1.807, 2.05) is 0 Å². The van der Waals surface area contributed by atoms with Crippen molar-refractivity contribution in [3.8, 4) is 5.75 Å². The number of guanidine groups is 1. The molecule has 0 saturated heterocycles. The van der Waals surface area contributed by atoms with E-state index in [2.05, 4.69) is 20.9 Å². The lowest BCUT2D eigenvalue weighted by Crippen LogP contribution is -2.56. The Balaban J connectivity index is 0.00000684. The summed E-state index contributed by atoms with van der Waals surface area (Å²) in [5.74, 6) is -1.63. The molecule has 0 fully saturated rings. The van der Waals surface area contributed by atoms with Crippen molar-refractivity contribution in [1.82, 2.24) is 16.0 Å². The van der Waals surface area contributed by atoms with Crippen molar-refractivity contribution in [2.45, 2.75) is 50.7 Å². The highest BCUT2D eigenvalue weighted by atomic mass is 35.5. The second-order valence-electron chi connectivity index (χ2n) is 8.21. The predicted molar refractivity (Wildman–Crippen MR) is 140 cm³/mol. The van der Waals surface area contributed by atoms with Crippen LogP contribution in [0.3, 0.4) is 0 Å². The molecule has 2 heterocycles. The number of nitrogens with zero attached hydrogens (tertiary/aromatic N) is 1. The molecule has 2 bridgehead atoms. The molecule has 13 heteroatoms. The van der Waals surface area contributed by atoms with Gasteiger partial charge in [-0.25, -0.2) is 4.79 Å². The number of hydrogen-bond donors (Lipinski definition) is 5. The van der Waals surface area contributed by atoms with Gasteiger partial charge >= 0.3 is 5.97 Å². The number of carbonyl (C=O) groups is 4. The molecule has 2 aliphatic heterocycles. The first-order valence-electron chi connectivity index (χ1n) is 11.6. The number of halogens is 1. The van der Waals surface area contributed by atoms with Crippen molar-refractivity contribution >= 4 is 42.1 Å². The molecule has 0 saturated carbocycles. The van der Waals surface area contributed by atoms with Crippen molar-refractivity contribution in [1.29, 1.82) is 0 Å². The van der Waals surface area contributed by atoms with Crippen LogP contribution in [-0.2, 0) is 30.3 Å². The minimum Gasteiger partial charge on any atom is -0.490 e. The number of fused-ring (bicyclic) bond motifs is 13. The summed E-state index contributed by atoms with van der Waals surface area (Å²) in [7, 11) is 1.22. The summed E-state index contributed by atoms with van der Waals surface area (Å²) in [6.45, 7) is 1.80.